The zero-order valence-corrected chi connectivity index (χ0v) is 11.1. The summed E-state index contributed by atoms with van der Waals surface area (Å²) in [4.78, 5) is 15.5. The Morgan fingerprint density at radius 3 is 3.11 bits per heavy atom. The molecule has 2 atom stereocenters. The van der Waals surface area contributed by atoms with Crippen molar-refractivity contribution in [1.82, 2.24) is 10.3 Å². The van der Waals surface area contributed by atoms with Crippen molar-refractivity contribution in [3.63, 3.8) is 0 Å². The molecule has 1 aromatic rings. The first-order valence-electron chi connectivity index (χ1n) is 6.31. The summed E-state index contributed by atoms with van der Waals surface area (Å²) in [7, 11) is 1.56. The third kappa shape index (κ3) is 3.02. The monoisotopic (exact) mass is 265 g/mol. The van der Waals surface area contributed by atoms with Gasteiger partial charge in [-0.05, 0) is 19.1 Å². The maximum absolute atomic E-state index is 11.5. The number of amides is 1. The molecule has 1 saturated heterocycles. The number of nitrogens with zero attached hydrogens (tertiary/aromatic N) is 1. The molecule has 1 aliphatic rings. The number of pyridine rings is 1. The molecule has 0 bridgehead atoms. The van der Waals surface area contributed by atoms with Gasteiger partial charge in [0.05, 0.1) is 6.10 Å². The molecule has 2 heterocycles. The maximum Gasteiger partial charge on any atom is 0.269 e. The molecular weight excluding hydrogens is 246 g/mol. The molecule has 6 nitrogen and oxygen atoms in total. The summed E-state index contributed by atoms with van der Waals surface area (Å²) in [6.45, 7) is 2.81. The maximum atomic E-state index is 11.5. The van der Waals surface area contributed by atoms with Crippen LogP contribution in [0.2, 0.25) is 0 Å². The Morgan fingerprint density at radius 1 is 1.68 bits per heavy atom. The summed E-state index contributed by atoms with van der Waals surface area (Å²) < 4.78 is 5.37. The molecule has 3 N–H and O–H groups in total. The van der Waals surface area contributed by atoms with Gasteiger partial charge in [-0.1, -0.05) is 0 Å². The van der Waals surface area contributed by atoms with Gasteiger partial charge in [0.25, 0.3) is 5.91 Å². The number of aliphatic hydroxyl groups is 1. The van der Waals surface area contributed by atoms with E-state index in [1.54, 1.807) is 25.4 Å². The highest BCUT2D eigenvalue weighted by Gasteiger charge is 2.39. The van der Waals surface area contributed by atoms with Crippen molar-refractivity contribution in [1.29, 1.82) is 0 Å². The first kappa shape index (κ1) is 13.8. The van der Waals surface area contributed by atoms with E-state index in [0.717, 1.165) is 5.69 Å². The molecule has 104 valence electrons. The molecule has 6 heteroatoms. The van der Waals surface area contributed by atoms with Crippen molar-refractivity contribution in [2.24, 2.45) is 0 Å². The van der Waals surface area contributed by atoms with E-state index in [9.17, 15) is 9.90 Å². The van der Waals surface area contributed by atoms with E-state index in [0.29, 0.717) is 25.3 Å². The van der Waals surface area contributed by atoms with Gasteiger partial charge < -0.3 is 20.5 Å². The lowest BCUT2D eigenvalue weighted by atomic mass is 9.96. The van der Waals surface area contributed by atoms with E-state index < -0.39 is 5.60 Å². The first-order valence-corrected chi connectivity index (χ1v) is 6.31. The SMILES string of the molecule is CNC(=O)c1cc(NCC2(O)CCOC2C)ccn1. The predicted octanol–water partition coefficient (Wildman–Crippen LogP) is 0.393. The van der Waals surface area contributed by atoms with Gasteiger partial charge in [-0.2, -0.15) is 0 Å². The summed E-state index contributed by atoms with van der Waals surface area (Å²) in [5, 5.41) is 16.0. The minimum absolute atomic E-state index is 0.194. The zero-order chi connectivity index (χ0) is 13.9. The molecule has 0 radical (unpaired) electrons. The van der Waals surface area contributed by atoms with Crippen LogP contribution in [0.25, 0.3) is 0 Å². The molecule has 1 amide bonds. The topological polar surface area (TPSA) is 83.5 Å². The van der Waals surface area contributed by atoms with E-state index in [4.69, 9.17) is 4.74 Å². The van der Waals surface area contributed by atoms with E-state index in [-0.39, 0.29) is 12.0 Å². The number of carbonyl (C=O) groups excluding carboxylic acids is 1. The van der Waals surface area contributed by atoms with Gasteiger partial charge in [0, 0.05) is 38.5 Å². The zero-order valence-electron chi connectivity index (χ0n) is 11.1. The second-order valence-electron chi connectivity index (χ2n) is 4.73. The summed E-state index contributed by atoms with van der Waals surface area (Å²) >= 11 is 0. The highest BCUT2D eigenvalue weighted by atomic mass is 16.5. The molecule has 2 rings (SSSR count). The number of rotatable bonds is 4. The van der Waals surface area contributed by atoms with Crippen LogP contribution < -0.4 is 10.6 Å². The summed E-state index contributed by atoms with van der Waals surface area (Å²) in [6, 6.07) is 3.42. The Kier molecular flexibility index (Phi) is 4.01. The van der Waals surface area contributed by atoms with Crippen LogP contribution >= 0.6 is 0 Å². The normalized spacial score (nSPS) is 26.2. The Hall–Kier alpha value is -1.66. The quantitative estimate of drug-likeness (QED) is 0.733. The number of nitrogens with one attached hydrogen (secondary N) is 2. The molecule has 1 fully saturated rings. The van der Waals surface area contributed by atoms with E-state index >= 15 is 0 Å². The molecular formula is C13H19N3O3. The highest BCUT2D eigenvalue weighted by molar-refractivity contribution is 5.92. The summed E-state index contributed by atoms with van der Waals surface area (Å²) in [5.41, 5.74) is 0.229. The summed E-state index contributed by atoms with van der Waals surface area (Å²) in [5.74, 6) is -0.236. The second-order valence-corrected chi connectivity index (χ2v) is 4.73. The smallest absolute Gasteiger partial charge is 0.269 e. The van der Waals surface area contributed by atoms with Crippen LogP contribution in [0.4, 0.5) is 5.69 Å². The minimum Gasteiger partial charge on any atom is -0.385 e. The van der Waals surface area contributed by atoms with Crippen LogP contribution in [0.3, 0.4) is 0 Å². The van der Waals surface area contributed by atoms with Crippen LogP contribution in [0.5, 0.6) is 0 Å². The number of hydrogen-bond acceptors (Lipinski definition) is 5. The van der Waals surface area contributed by atoms with Gasteiger partial charge in [0.2, 0.25) is 0 Å². The van der Waals surface area contributed by atoms with Crippen molar-refractivity contribution in [3.8, 4) is 0 Å². The van der Waals surface area contributed by atoms with Crippen LogP contribution in [-0.2, 0) is 4.74 Å². The molecule has 1 aromatic heterocycles. The van der Waals surface area contributed by atoms with Gasteiger partial charge in [-0.3, -0.25) is 9.78 Å². The lowest BCUT2D eigenvalue weighted by molar-refractivity contribution is -0.0175. The molecule has 0 spiro atoms. The van der Waals surface area contributed by atoms with Crippen LogP contribution in [0.1, 0.15) is 23.8 Å². The Morgan fingerprint density at radius 2 is 2.47 bits per heavy atom. The highest BCUT2D eigenvalue weighted by Crippen LogP contribution is 2.26. The Balaban J connectivity index is 2.02. The number of ether oxygens (including phenoxy) is 1. The minimum atomic E-state index is -0.865. The fourth-order valence-electron chi connectivity index (χ4n) is 2.05. The number of anilines is 1. The average molecular weight is 265 g/mol. The molecule has 19 heavy (non-hydrogen) atoms. The van der Waals surface area contributed by atoms with E-state index in [2.05, 4.69) is 15.6 Å². The van der Waals surface area contributed by atoms with Crippen molar-refractivity contribution in [3.05, 3.63) is 24.0 Å². The number of hydrogen-bond donors (Lipinski definition) is 3. The second kappa shape index (κ2) is 5.54. The Labute approximate surface area is 112 Å². The fourth-order valence-corrected chi connectivity index (χ4v) is 2.05. The van der Waals surface area contributed by atoms with Gasteiger partial charge in [-0.25, -0.2) is 0 Å². The fraction of sp³-hybridized carbons (Fsp3) is 0.538. The van der Waals surface area contributed by atoms with Crippen LogP contribution in [0, 0.1) is 0 Å². The molecule has 0 aliphatic carbocycles. The van der Waals surface area contributed by atoms with Crippen molar-refractivity contribution in [2.45, 2.75) is 25.0 Å². The van der Waals surface area contributed by atoms with Crippen molar-refractivity contribution >= 4 is 11.6 Å². The molecule has 0 saturated carbocycles. The standard InChI is InChI=1S/C13H19N3O3/c1-9-13(18,4-6-19-9)8-16-10-3-5-15-11(7-10)12(17)14-2/h3,5,7,9,18H,4,6,8H2,1-2H3,(H,14,17)(H,15,16). The van der Waals surface area contributed by atoms with Crippen molar-refractivity contribution in [2.75, 3.05) is 25.5 Å². The third-order valence-corrected chi connectivity index (χ3v) is 3.48. The lowest BCUT2D eigenvalue weighted by Crippen LogP contribution is -2.43. The van der Waals surface area contributed by atoms with Gasteiger partial charge in [-0.15, -0.1) is 0 Å². The van der Waals surface area contributed by atoms with Crippen molar-refractivity contribution < 1.29 is 14.6 Å². The number of carbonyl (C=O) groups is 1. The number of aromatic nitrogens is 1. The largest absolute Gasteiger partial charge is 0.385 e. The molecule has 2 unspecified atom stereocenters. The molecule has 1 aliphatic heterocycles. The van der Waals surface area contributed by atoms with E-state index in [1.165, 1.54) is 0 Å². The van der Waals surface area contributed by atoms with Gasteiger partial charge in [0.1, 0.15) is 11.3 Å². The van der Waals surface area contributed by atoms with Crippen LogP contribution in [-0.4, -0.2) is 47.9 Å². The van der Waals surface area contributed by atoms with Gasteiger partial charge >= 0.3 is 0 Å². The molecule has 0 aromatic carbocycles. The average Bonchev–Trinajstić information content (AvgIpc) is 2.76. The third-order valence-electron chi connectivity index (χ3n) is 3.48. The Bertz CT molecular complexity index is 466. The van der Waals surface area contributed by atoms with Crippen LogP contribution in [0.15, 0.2) is 18.3 Å². The summed E-state index contributed by atoms with van der Waals surface area (Å²) in [6.07, 6.45) is 1.97. The van der Waals surface area contributed by atoms with Gasteiger partial charge in [0.15, 0.2) is 0 Å². The predicted molar refractivity (Wildman–Crippen MR) is 71.1 cm³/mol. The lowest BCUT2D eigenvalue weighted by Gasteiger charge is -2.26. The first-order chi connectivity index (χ1) is 9.05. The van der Waals surface area contributed by atoms with E-state index in [1.807, 2.05) is 6.92 Å².